The summed E-state index contributed by atoms with van der Waals surface area (Å²) < 4.78 is 96.0. The van der Waals surface area contributed by atoms with Gasteiger partial charge in [0, 0.05) is 0 Å². The second-order valence-electron chi connectivity index (χ2n) is 14.3. The van der Waals surface area contributed by atoms with Crippen molar-refractivity contribution in [1.82, 2.24) is 0 Å². The molecule has 0 unspecified atom stereocenters. The number of rotatable bonds is 18. The van der Waals surface area contributed by atoms with Gasteiger partial charge in [-0.15, -0.1) is 0 Å². The molecule has 58 heavy (non-hydrogen) atoms. The van der Waals surface area contributed by atoms with Gasteiger partial charge in [0.1, 0.15) is 0 Å². The quantitative estimate of drug-likeness (QED) is 0.0581. The first-order valence-corrected chi connectivity index (χ1v) is 24.5. The van der Waals surface area contributed by atoms with E-state index in [-0.39, 0.29) is 14.7 Å². The van der Waals surface area contributed by atoms with E-state index in [9.17, 15) is 38.9 Å². The van der Waals surface area contributed by atoms with Crippen molar-refractivity contribution in [3.63, 3.8) is 0 Å². The van der Waals surface area contributed by atoms with Crippen molar-refractivity contribution in [3.8, 4) is 0 Å². The maximum atomic E-state index is 11.4. The van der Waals surface area contributed by atoms with E-state index < -0.39 is 38.3 Å². The highest BCUT2D eigenvalue weighted by Gasteiger charge is 2.18. The Morgan fingerprint density at radius 3 is 0.638 bits per heavy atom. The maximum absolute atomic E-state index is 11.4. The molecule has 3 N–H and O–H groups in total. The summed E-state index contributed by atoms with van der Waals surface area (Å²) in [5, 5.41) is 3.67. The molecule has 0 bridgehead atoms. The number of hydrogen-bond acceptors (Lipinski definition) is 6. The maximum Gasteiger partial charge on any atom is 0.294 e. The Morgan fingerprint density at radius 2 is 0.466 bits per heavy atom. The molecule has 0 saturated heterocycles. The van der Waals surface area contributed by atoms with E-state index in [2.05, 4.69) is 72.8 Å². The van der Waals surface area contributed by atoms with Crippen LogP contribution in [0.15, 0.2) is 160 Å². The zero-order valence-electron chi connectivity index (χ0n) is 31.7. The van der Waals surface area contributed by atoms with Crippen molar-refractivity contribution in [2.45, 2.75) is 72.5 Å². The molecule has 6 rings (SSSR count). The molecule has 0 aliphatic rings. The summed E-state index contributed by atoms with van der Waals surface area (Å²) >= 11 is 0. The van der Waals surface area contributed by atoms with Crippen LogP contribution in [0.3, 0.4) is 0 Å². The minimum absolute atomic E-state index is 0.110. The van der Waals surface area contributed by atoms with Crippen LogP contribution in [0.5, 0.6) is 0 Å². The van der Waals surface area contributed by atoms with Crippen LogP contribution in [0.4, 0.5) is 0 Å². The minimum atomic E-state index is -4.21. The molecule has 6 aromatic carbocycles. The molecule has 9 nitrogen and oxygen atoms in total. The zero-order valence-corrected chi connectivity index (χ0v) is 35.0. The van der Waals surface area contributed by atoms with Crippen LogP contribution in [0.2, 0.25) is 0 Å². The fourth-order valence-corrected chi connectivity index (χ4v) is 10.5. The molecule has 0 aromatic heterocycles. The third kappa shape index (κ3) is 12.3. The van der Waals surface area contributed by atoms with E-state index in [1.54, 1.807) is 36.4 Å². The topological polar surface area (TPSA) is 163 Å². The highest BCUT2D eigenvalue weighted by atomic mass is 32.2. The van der Waals surface area contributed by atoms with Crippen LogP contribution in [0.1, 0.15) is 52.6 Å². The van der Waals surface area contributed by atoms with Crippen LogP contribution >= 0.6 is 7.92 Å². The molecule has 0 radical (unpaired) electrons. The Kier molecular flexibility index (Phi) is 14.1. The number of hydrogen-bond donors (Lipinski definition) is 3. The normalized spacial score (nSPS) is 12.2. The van der Waals surface area contributed by atoms with Gasteiger partial charge in [-0.25, -0.2) is 0 Å². The van der Waals surface area contributed by atoms with Crippen LogP contribution < -0.4 is 15.9 Å². The van der Waals surface area contributed by atoms with E-state index in [1.807, 2.05) is 0 Å². The molecule has 302 valence electrons. The lowest BCUT2D eigenvalue weighted by Gasteiger charge is -2.20. The standard InChI is InChI=1S/C45H45O9PS3/c46-56(47,48)43-28-16-37(17-29-43)7-1-4-34-10-22-40(23-11-34)55(41-24-12-35(13-25-41)5-2-8-38-18-30-44(31-19-38)57(49,50)51)42-26-14-36(15-27-42)6-3-9-39-20-32-45(33-21-39)58(52,53)54/h10-33H,1-9H2,(H,46,47,48)(H,49,50,51)(H,52,53,54). The predicted octanol–water partition coefficient (Wildman–Crippen LogP) is 7.71. The monoisotopic (exact) mass is 856 g/mol. The molecule has 0 spiro atoms. The predicted molar refractivity (Wildman–Crippen MR) is 230 cm³/mol. The van der Waals surface area contributed by atoms with Crippen molar-refractivity contribution in [2.24, 2.45) is 0 Å². The van der Waals surface area contributed by atoms with Gasteiger partial charge in [0.25, 0.3) is 30.4 Å². The van der Waals surface area contributed by atoms with Crippen molar-refractivity contribution >= 4 is 54.2 Å². The van der Waals surface area contributed by atoms with Crippen molar-refractivity contribution < 1.29 is 38.9 Å². The number of aryl methyl sites for hydroxylation is 6. The number of benzene rings is 6. The summed E-state index contributed by atoms with van der Waals surface area (Å²) in [5.41, 5.74) is 6.63. The molecule has 0 aliphatic heterocycles. The Balaban J connectivity index is 1.13. The molecule has 0 saturated carbocycles. The van der Waals surface area contributed by atoms with Gasteiger partial charge in [0.2, 0.25) is 0 Å². The summed E-state index contributed by atoms with van der Waals surface area (Å²) in [6, 6.07) is 45.3. The summed E-state index contributed by atoms with van der Waals surface area (Å²) in [6.45, 7) is 0. The van der Waals surface area contributed by atoms with Crippen molar-refractivity contribution in [1.29, 1.82) is 0 Å². The first-order valence-electron chi connectivity index (χ1n) is 18.9. The molecule has 0 amide bonds. The largest absolute Gasteiger partial charge is 0.294 e. The van der Waals surface area contributed by atoms with Crippen LogP contribution in [-0.4, -0.2) is 38.9 Å². The van der Waals surface area contributed by atoms with E-state index in [4.69, 9.17) is 0 Å². The van der Waals surface area contributed by atoms with Gasteiger partial charge in [-0.05, 0) is 151 Å². The Bertz CT molecular complexity index is 2320. The van der Waals surface area contributed by atoms with E-state index in [1.165, 1.54) is 69.0 Å². The van der Waals surface area contributed by atoms with Crippen LogP contribution in [0.25, 0.3) is 0 Å². The van der Waals surface area contributed by atoms with Crippen molar-refractivity contribution in [2.75, 3.05) is 0 Å². The summed E-state index contributed by atoms with van der Waals surface area (Å²) in [6.07, 6.45) is 7.56. The molecule has 0 heterocycles. The van der Waals surface area contributed by atoms with Gasteiger partial charge < -0.3 is 0 Å². The molecular formula is C45H45O9PS3. The van der Waals surface area contributed by atoms with E-state index in [0.29, 0.717) is 0 Å². The van der Waals surface area contributed by atoms with Crippen molar-refractivity contribution in [3.05, 3.63) is 179 Å². The molecule has 0 fully saturated rings. The lowest BCUT2D eigenvalue weighted by molar-refractivity contribution is 0.481. The second kappa shape index (κ2) is 19.0. The average Bonchev–Trinajstić information content (AvgIpc) is 3.19. The molecule has 0 aliphatic carbocycles. The van der Waals surface area contributed by atoms with Gasteiger partial charge >= 0.3 is 0 Å². The summed E-state index contributed by atoms with van der Waals surface area (Å²) in [4.78, 5) is -0.330. The Morgan fingerprint density at radius 1 is 0.293 bits per heavy atom. The van der Waals surface area contributed by atoms with Gasteiger partial charge in [-0.2, -0.15) is 25.3 Å². The average molecular weight is 857 g/mol. The highest BCUT2D eigenvalue weighted by Crippen LogP contribution is 2.33. The van der Waals surface area contributed by atoms with E-state index >= 15 is 0 Å². The van der Waals surface area contributed by atoms with Gasteiger partial charge in [-0.3, -0.25) is 13.7 Å². The molecular weight excluding hydrogens is 812 g/mol. The van der Waals surface area contributed by atoms with E-state index in [0.717, 1.165) is 74.5 Å². The second-order valence-corrected chi connectivity index (χ2v) is 20.7. The Hall–Kier alpha value is -4.52. The minimum Gasteiger partial charge on any atom is -0.282 e. The smallest absolute Gasteiger partial charge is 0.282 e. The molecule has 13 heteroatoms. The first-order chi connectivity index (χ1) is 27.6. The molecule has 0 atom stereocenters. The fourth-order valence-electron chi connectivity index (χ4n) is 6.86. The lowest BCUT2D eigenvalue weighted by atomic mass is 10.0. The fraction of sp³-hybridized carbons (Fsp3) is 0.200. The first kappa shape index (κ1) is 43.1. The lowest BCUT2D eigenvalue weighted by Crippen LogP contribution is -2.21. The zero-order chi connectivity index (χ0) is 41.3. The molecule has 6 aromatic rings. The van der Waals surface area contributed by atoms with Gasteiger partial charge in [-0.1, -0.05) is 109 Å². The Labute approximate surface area is 342 Å². The summed E-state index contributed by atoms with van der Waals surface area (Å²) in [7, 11) is -13.5. The van der Waals surface area contributed by atoms with Crippen LogP contribution in [-0.2, 0) is 68.9 Å². The third-order valence-electron chi connectivity index (χ3n) is 10.0. The highest BCUT2D eigenvalue weighted by molar-refractivity contribution is 7.86. The SMILES string of the molecule is O=S(=O)(O)c1ccc(CCCc2ccc(P(c3ccc(CCCc4ccc(S(=O)(=O)O)cc4)cc3)c3ccc(CCCc4ccc(S(=O)(=O)O)cc4)cc3)cc2)cc1. The van der Waals surface area contributed by atoms with Gasteiger partial charge in [0.15, 0.2) is 0 Å². The summed E-state index contributed by atoms with van der Waals surface area (Å²) in [5.74, 6) is 0. The van der Waals surface area contributed by atoms with Crippen LogP contribution in [0, 0.1) is 0 Å². The van der Waals surface area contributed by atoms with Gasteiger partial charge in [0.05, 0.1) is 14.7 Å². The third-order valence-corrected chi connectivity index (χ3v) is 15.1.